The Morgan fingerprint density at radius 3 is 2.81 bits per heavy atom. The molecular formula is C15H14ClN5. The normalized spacial score (nSPS) is 10.8. The SMILES string of the molecule is Cc1cccc(Cn2nnnc2-c2cccc(Cl)c2N)c1. The van der Waals surface area contributed by atoms with E-state index in [4.69, 9.17) is 17.3 Å². The van der Waals surface area contributed by atoms with Crippen LogP contribution in [0.3, 0.4) is 0 Å². The number of rotatable bonds is 3. The summed E-state index contributed by atoms with van der Waals surface area (Å²) in [4.78, 5) is 0. The standard InChI is InChI=1S/C15H14ClN5/c1-10-4-2-5-11(8-10)9-21-15(18-19-20-21)12-6-3-7-13(16)14(12)17/h2-8H,9,17H2,1H3. The van der Waals surface area contributed by atoms with Crippen molar-refractivity contribution in [3.05, 3.63) is 58.6 Å². The first-order valence-electron chi connectivity index (χ1n) is 6.51. The first-order chi connectivity index (χ1) is 10.1. The number of tetrazole rings is 1. The lowest BCUT2D eigenvalue weighted by Gasteiger charge is -2.08. The molecule has 0 aliphatic heterocycles. The molecule has 5 nitrogen and oxygen atoms in total. The van der Waals surface area contributed by atoms with Gasteiger partial charge in [0, 0.05) is 5.56 Å². The van der Waals surface area contributed by atoms with E-state index in [1.165, 1.54) is 5.56 Å². The summed E-state index contributed by atoms with van der Waals surface area (Å²) in [6.07, 6.45) is 0. The van der Waals surface area contributed by atoms with Crippen molar-refractivity contribution < 1.29 is 0 Å². The third-order valence-electron chi connectivity index (χ3n) is 3.24. The Morgan fingerprint density at radius 2 is 2.00 bits per heavy atom. The van der Waals surface area contributed by atoms with Crippen molar-refractivity contribution in [3.8, 4) is 11.4 Å². The predicted octanol–water partition coefficient (Wildman–Crippen LogP) is 2.93. The summed E-state index contributed by atoms with van der Waals surface area (Å²) in [5, 5.41) is 12.4. The van der Waals surface area contributed by atoms with Gasteiger partial charge in [-0.25, -0.2) is 4.68 Å². The second-order valence-electron chi connectivity index (χ2n) is 4.85. The number of anilines is 1. The van der Waals surface area contributed by atoms with Crippen LogP contribution in [-0.2, 0) is 6.54 Å². The molecule has 2 N–H and O–H groups in total. The fraction of sp³-hybridized carbons (Fsp3) is 0.133. The highest BCUT2D eigenvalue weighted by molar-refractivity contribution is 6.33. The summed E-state index contributed by atoms with van der Waals surface area (Å²) >= 11 is 6.06. The Bertz CT molecular complexity index is 781. The van der Waals surface area contributed by atoms with E-state index >= 15 is 0 Å². The van der Waals surface area contributed by atoms with Crippen molar-refractivity contribution >= 4 is 17.3 Å². The number of nitrogen functional groups attached to an aromatic ring is 1. The van der Waals surface area contributed by atoms with Gasteiger partial charge < -0.3 is 5.73 Å². The maximum absolute atomic E-state index is 6.06. The van der Waals surface area contributed by atoms with Gasteiger partial charge in [0.2, 0.25) is 0 Å². The molecule has 106 valence electrons. The Morgan fingerprint density at radius 1 is 1.19 bits per heavy atom. The lowest BCUT2D eigenvalue weighted by atomic mass is 10.1. The number of aryl methyl sites for hydroxylation is 1. The van der Waals surface area contributed by atoms with Gasteiger partial charge in [0.25, 0.3) is 0 Å². The van der Waals surface area contributed by atoms with Crippen molar-refractivity contribution in [1.29, 1.82) is 0 Å². The quantitative estimate of drug-likeness (QED) is 0.755. The number of nitrogens with zero attached hydrogens (tertiary/aromatic N) is 4. The summed E-state index contributed by atoms with van der Waals surface area (Å²) in [5.74, 6) is 0.608. The van der Waals surface area contributed by atoms with Crippen LogP contribution in [0.25, 0.3) is 11.4 Å². The van der Waals surface area contributed by atoms with E-state index in [1.807, 2.05) is 24.3 Å². The van der Waals surface area contributed by atoms with Crippen LogP contribution < -0.4 is 5.73 Å². The minimum atomic E-state index is 0.486. The van der Waals surface area contributed by atoms with E-state index < -0.39 is 0 Å². The number of halogens is 1. The van der Waals surface area contributed by atoms with Gasteiger partial charge in [-0.15, -0.1) is 5.10 Å². The second kappa shape index (κ2) is 5.54. The van der Waals surface area contributed by atoms with Crippen LogP contribution in [0.1, 0.15) is 11.1 Å². The second-order valence-corrected chi connectivity index (χ2v) is 5.26. The maximum Gasteiger partial charge on any atom is 0.184 e. The summed E-state index contributed by atoms with van der Waals surface area (Å²) in [7, 11) is 0. The van der Waals surface area contributed by atoms with Crippen molar-refractivity contribution in [3.63, 3.8) is 0 Å². The van der Waals surface area contributed by atoms with E-state index in [1.54, 1.807) is 10.7 Å². The van der Waals surface area contributed by atoms with Crippen LogP contribution in [0.4, 0.5) is 5.69 Å². The fourth-order valence-electron chi connectivity index (χ4n) is 2.22. The zero-order valence-electron chi connectivity index (χ0n) is 11.5. The molecule has 1 heterocycles. The summed E-state index contributed by atoms with van der Waals surface area (Å²) in [6, 6.07) is 13.7. The Hall–Kier alpha value is -2.40. The van der Waals surface area contributed by atoms with Crippen molar-refractivity contribution in [2.45, 2.75) is 13.5 Å². The first-order valence-corrected chi connectivity index (χ1v) is 6.89. The van der Waals surface area contributed by atoms with E-state index in [0.29, 0.717) is 23.1 Å². The van der Waals surface area contributed by atoms with Gasteiger partial charge in [-0.2, -0.15) is 0 Å². The number of para-hydroxylation sites is 1. The maximum atomic E-state index is 6.06. The molecule has 0 aliphatic rings. The van der Waals surface area contributed by atoms with Gasteiger partial charge in [-0.3, -0.25) is 0 Å². The van der Waals surface area contributed by atoms with Gasteiger partial charge in [-0.1, -0.05) is 47.5 Å². The molecule has 3 rings (SSSR count). The van der Waals surface area contributed by atoms with Gasteiger partial charge >= 0.3 is 0 Å². The first kappa shape index (κ1) is 13.6. The molecule has 0 bridgehead atoms. The summed E-state index contributed by atoms with van der Waals surface area (Å²) in [6.45, 7) is 2.63. The third kappa shape index (κ3) is 2.73. The average Bonchev–Trinajstić information content (AvgIpc) is 2.90. The van der Waals surface area contributed by atoms with Gasteiger partial charge in [0.1, 0.15) is 0 Å². The number of aromatic nitrogens is 4. The topological polar surface area (TPSA) is 69.6 Å². The van der Waals surface area contributed by atoms with Crippen LogP contribution in [0.15, 0.2) is 42.5 Å². The van der Waals surface area contributed by atoms with Gasteiger partial charge in [0.05, 0.1) is 17.3 Å². The minimum Gasteiger partial charge on any atom is -0.397 e. The van der Waals surface area contributed by atoms with Crippen LogP contribution in [0.5, 0.6) is 0 Å². The third-order valence-corrected chi connectivity index (χ3v) is 3.57. The van der Waals surface area contributed by atoms with Crippen LogP contribution in [0.2, 0.25) is 5.02 Å². The van der Waals surface area contributed by atoms with Crippen LogP contribution in [0, 0.1) is 6.92 Å². The average molecular weight is 300 g/mol. The number of nitrogens with two attached hydrogens (primary N) is 1. The molecule has 0 amide bonds. The summed E-state index contributed by atoms with van der Waals surface area (Å²) in [5.41, 5.74) is 9.57. The van der Waals surface area contributed by atoms with Crippen molar-refractivity contribution in [2.75, 3.05) is 5.73 Å². The molecule has 0 saturated heterocycles. The molecule has 2 aromatic carbocycles. The van der Waals surface area contributed by atoms with E-state index in [-0.39, 0.29) is 0 Å². The molecule has 0 atom stereocenters. The van der Waals surface area contributed by atoms with E-state index in [9.17, 15) is 0 Å². The smallest absolute Gasteiger partial charge is 0.184 e. The van der Waals surface area contributed by atoms with Crippen LogP contribution >= 0.6 is 11.6 Å². The Kier molecular flexibility index (Phi) is 3.58. The highest BCUT2D eigenvalue weighted by atomic mass is 35.5. The Balaban J connectivity index is 2.00. The number of hydrogen-bond acceptors (Lipinski definition) is 4. The molecule has 3 aromatic rings. The molecule has 6 heteroatoms. The number of benzene rings is 2. The highest BCUT2D eigenvalue weighted by Gasteiger charge is 2.13. The van der Waals surface area contributed by atoms with Crippen molar-refractivity contribution in [2.24, 2.45) is 0 Å². The lowest BCUT2D eigenvalue weighted by Crippen LogP contribution is -2.06. The van der Waals surface area contributed by atoms with Gasteiger partial charge in [-0.05, 0) is 35.0 Å². The minimum absolute atomic E-state index is 0.486. The fourth-order valence-corrected chi connectivity index (χ4v) is 2.39. The molecule has 0 radical (unpaired) electrons. The molecule has 0 fully saturated rings. The molecule has 0 aliphatic carbocycles. The van der Waals surface area contributed by atoms with Gasteiger partial charge in [0.15, 0.2) is 5.82 Å². The lowest BCUT2D eigenvalue weighted by molar-refractivity contribution is 0.653. The molecule has 0 spiro atoms. The molecule has 21 heavy (non-hydrogen) atoms. The number of hydrogen-bond donors (Lipinski definition) is 1. The Labute approximate surface area is 127 Å². The van der Waals surface area contributed by atoms with Crippen LogP contribution in [-0.4, -0.2) is 20.2 Å². The zero-order valence-corrected chi connectivity index (χ0v) is 12.2. The predicted molar refractivity (Wildman–Crippen MR) is 83.0 cm³/mol. The molecule has 0 saturated carbocycles. The molecule has 0 unspecified atom stereocenters. The highest BCUT2D eigenvalue weighted by Crippen LogP contribution is 2.29. The zero-order chi connectivity index (χ0) is 14.8. The molecular weight excluding hydrogens is 286 g/mol. The monoisotopic (exact) mass is 299 g/mol. The van der Waals surface area contributed by atoms with E-state index in [2.05, 4.69) is 34.6 Å². The van der Waals surface area contributed by atoms with E-state index in [0.717, 1.165) is 11.1 Å². The largest absolute Gasteiger partial charge is 0.397 e. The van der Waals surface area contributed by atoms with Crippen molar-refractivity contribution in [1.82, 2.24) is 20.2 Å². The summed E-state index contributed by atoms with van der Waals surface area (Å²) < 4.78 is 1.72. The molecule has 1 aromatic heterocycles.